The maximum atomic E-state index is 12.5. The van der Waals surface area contributed by atoms with Crippen LogP contribution in [0.1, 0.15) is 24.3 Å². The Labute approximate surface area is 125 Å². The Kier molecular flexibility index (Phi) is 4.15. The summed E-state index contributed by atoms with van der Waals surface area (Å²) in [6.07, 6.45) is -1.48. The molecule has 2 heterocycles. The lowest BCUT2D eigenvalue weighted by molar-refractivity contribution is -0.137. The van der Waals surface area contributed by atoms with Gasteiger partial charge in [0.05, 0.1) is 5.56 Å². The van der Waals surface area contributed by atoms with Crippen molar-refractivity contribution in [2.45, 2.75) is 25.4 Å². The van der Waals surface area contributed by atoms with Crippen molar-refractivity contribution in [3.8, 4) is 11.4 Å². The van der Waals surface area contributed by atoms with Crippen LogP contribution in [-0.4, -0.2) is 23.2 Å². The van der Waals surface area contributed by atoms with Gasteiger partial charge in [-0.3, -0.25) is 0 Å². The summed E-state index contributed by atoms with van der Waals surface area (Å²) in [6.45, 7) is 1.98. The predicted molar refractivity (Wildman–Crippen MR) is 74.0 cm³/mol. The van der Waals surface area contributed by atoms with Gasteiger partial charge in [-0.15, -0.1) is 0 Å². The van der Waals surface area contributed by atoms with Crippen LogP contribution in [0.3, 0.4) is 0 Å². The molecule has 4 nitrogen and oxygen atoms in total. The second-order valence-electron chi connectivity index (χ2n) is 5.48. The van der Waals surface area contributed by atoms with Gasteiger partial charge in [0, 0.05) is 12.0 Å². The summed E-state index contributed by atoms with van der Waals surface area (Å²) >= 11 is 0. The SMILES string of the molecule is FC(F)(F)c1ccc(-c2noc(CC3CCNCC3)n2)cc1. The van der Waals surface area contributed by atoms with Gasteiger partial charge in [0.25, 0.3) is 0 Å². The molecule has 0 spiro atoms. The smallest absolute Gasteiger partial charge is 0.339 e. The first-order valence-corrected chi connectivity index (χ1v) is 7.23. The first kappa shape index (κ1) is 15.0. The molecule has 0 saturated carbocycles. The van der Waals surface area contributed by atoms with Crippen LogP contribution >= 0.6 is 0 Å². The number of nitrogens with one attached hydrogen (secondary N) is 1. The molecule has 1 aliphatic heterocycles. The molecular formula is C15H16F3N3O. The maximum Gasteiger partial charge on any atom is 0.416 e. The molecule has 0 radical (unpaired) electrons. The van der Waals surface area contributed by atoms with Gasteiger partial charge in [-0.25, -0.2) is 0 Å². The monoisotopic (exact) mass is 311 g/mol. The van der Waals surface area contributed by atoms with Crippen LogP contribution in [0, 0.1) is 5.92 Å². The normalized spacial score (nSPS) is 16.9. The van der Waals surface area contributed by atoms with E-state index in [1.54, 1.807) is 0 Å². The zero-order valence-corrected chi connectivity index (χ0v) is 11.9. The number of hydrogen-bond donors (Lipinski definition) is 1. The molecule has 2 aromatic rings. The van der Waals surface area contributed by atoms with E-state index in [1.807, 2.05) is 0 Å². The molecule has 0 amide bonds. The second kappa shape index (κ2) is 6.08. The molecule has 0 atom stereocenters. The summed E-state index contributed by atoms with van der Waals surface area (Å²) in [6, 6.07) is 4.78. The van der Waals surface area contributed by atoms with Gasteiger partial charge in [-0.1, -0.05) is 17.3 Å². The van der Waals surface area contributed by atoms with E-state index in [0.717, 1.165) is 44.5 Å². The van der Waals surface area contributed by atoms with E-state index in [2.05, 4.69) is 15.5 Å². The molecule has 7 heteroatoms. The van der Waals surface area contributed by atoms with Crippen molar-refractivity contribution in [2.75, 3.05) is 13.1 Å². The third kappa shape index (κ3) is 3.47. The minimum Gasteiger partial charge on any atom is -0.339 e. The van der Waals surface area contributed by atoms with Crippen LogP contribution in [0.25, 0.3) is 11.4 Å². The largest absolute Gasteiger partial charge is 0.416 e. The minimum atomic E-state index is -4.34. The maximum absolute atomic E-state index is 12.5. The zero-order chi connectivity index (χ0) is 15.6. The Morgan fingerprint density at radius 1 is 1.14 bits per heavy atom. The second-order valence-corrected chi connectivity index (χ2v) is 5.48. The Bertz CT molecular complexity index is 616. The molecule has 118 valence electrons. The van der Waals surface area contributed by atoms with Crippen LogP contribution in [0.5, 0.6) is 0 Å². The van der Waals surface area contributed by atoms with E-state index in [-0.39, 0.29) is 0 Å². The molecule has 1 fully saturated rings. The van der Waals surface area contributed by atoms with Crippen molar-refractivity contribution >= 4 is 0 Å². The minimum absolute atomic E-state index is 0.331. The molecule has 1 aromatic carbocycles. The summed E-state index contributed by atoms with van der Waals surface area (Å²) in [4.78, 5) is 4.29. The lowest BCUT2D eigenvalue weighted by atomic mass is 9.95. The van der Waals surface area contributed by atoms with Crippen LogP contribution in [0.2, 0.25) is 0 Å². The topological polar surface area (TPSA) is 51.0 Å². The number of alkyl halides is 3. The number of piperidine rings is 1. The van der Waals surface area contributed by atoms with Crippen molar-refractivity contribution < 1.29 is 17.7 Å². The average Bonchev–Trinajstić information content (AvgIpc) is 2.96. The Morgan fingerprint density at radius 2 is 1.82 bits per heavy atom. The van der Waals surface area contributed by atoms with Crippen LogP contribution < -0.4 is 5.32 Å². The first-order valence-electron chi connectivity index (χ1n) is 7.23. The van der Waals surface area contributed by atoms with Crippen LogP contribution in [0.15, 0.2) is 28.8 Å². The van der Waals surface area contributed by atoms with Gasteiger partial charge in [-0.2, -0.15) is 18.2 Å². The standard InChI is InChI=1S/C15H16F3N3O/c16-15(17,18)12-3-1-11(2-4-12)14-20-13(22-21-14)9-10-5-7-19-8-6-10/h1-4,10,19H,5-9H2. The molecule has 3 rings (SSSR count). The summed E-state index contributed by atoms with van der Waals surface area (Å²) in [5.74, 6) is 1.39. The van der Waals surface area contributed by atoms with Gasteiger partial charge < -0.3 is 9.84 Å². The fraction of sp³-hybridized carbons (Fsp3) is 0.467. The third-order valence-corrected chi connectivity index (χ3v) is 3.86. The molecule has 0 unspecified atom stereocenters. The van der Waals surface area contributed by atoms with E-state index in [9.17, 15) is 13.2 Å². The lowest BCUT2D eigenvalue weighted by Gasteiger charge is -2.20. The fourth-order valence-electron chi connectivity index (χ4n) is 2.60. The average molecular weight is 311 g/mol. The molecule has 0 aliphatic carbocycles. The Hall–Kier alpha value is -1.89. The number of nitrogens with zero attached hydrogens (tertiary/aromatic N) is 2. The summed E-state index contributed by atoms with van der Waals surface area (Å²) in [7, 11) is 0. The number of hydrogen-bond acceptors (Lipinski definition) is 4. The highest BCUT2D eigenvalue weighted by Gasteiger charge is 2.30. The van der Waals surface area contributed by atoms with Gasteiger partial charge in [0.1, 0.15) is 0 Å². The first-order chi connectivity index (χ1) is 10.5. The van der Waals surface area contributed by atoms with Gasteiger partial charge in [0.15, 0.2) is 0 Å². The van der Waals surface area contributed by atoms with Crippen molar-refractivity contribution in [3.05, 3.63) is 35.7 Å². The molecule has 1 N–H and O–H groups in total. The van der Waals surface area contributed by atoms with E-state index in [0.29, 0.717) is 23.2 Å². The Balaban J connectivity index is 1.70. The summed E-state index contributed by atoms with van der Waals surface area (Å²) in [5, 5.41) is 7.15. The van der Waals surface area contributed by atoms with Gasteiger partial charge in [0.2, 0.25) is 11.7 Å². The van der Waals surface area contributed by atoms with Crippen molar-refractivity contribution in [3.63, 3.8) is 0 Å². The number of benzene rings is 1. The van der Waals surface area contributed by atoms with Crippen LogP contribution in [0.4, 0.5) is 13.2 Å². The molecule has 1 saturated heterocycles. The molecular weight excluding hydrogens is 295 g/mol. The van der Waals surface area contributed by atoms with E-state index >= 15 is 0 Å². The van der Waals surface area contributed by atoms with E-state index in [4.69, 9.17) is 4.52 Å². The number of rotatable bonds is 3. The molecule has 22 heavy (non-hydrogen) atoms. The van der Waals surface area contributed by atoms with E-state index in [1.165, 1.54) is 12.1 Å². The van der Waals surface area contributed by atoms with Crippen molar-refractivity contribution in [1.82, 2.24) is 15.5 Å². The highest BCUT2D eigenvalue weighted by atomic mass is 19.4. The van der Waals surface area contributed by atoms with Gasteiger partial charge >= 0.3 is 6.18 Å². The molecule has 0 bridgehead atoms. The predicted octanol–water partition coefficient (Wildman–Crippen LogP) is 3.30. The summed E-state index contributed by atoms with van der Waals surface area (Å²) < 4.78 is 42.8. The van der Waals surface area contributed by atoms with E-state index < -0.39 is 11.7 Å². The summed E-state index contributed by atoms with van der Waals surface area (Å²) in [5.41, 5.74) is -0.164. The van der Waals surface area contributed by atoms with Gasteiger partial charge in [-0.05, 0) is 44.0 Å². The quantitative estimate of drug-likeness (QED) is 0.945. The Morgan fingerprint density at radius 3 is 2.45 bits per heavy atom. The number of aromatic nitrogens is 2. The van der Waals surface area contributed by atoms with Crippen molar-refractivity contribution in [2.24, 2.45) is 5.92 Å². The highest BCUT2D eigenvalue weighted by molar-refractivity contribution is 5.54. The van der Waals surface area contributed by atoms with Crippen molar-refractivity contribution in [1.29, 1.82) is 0 Å². The van der Waals surface area contributed by atoms with Crippen LogP contribution in [-0.2, 0) is 12.6 Å². The highest BCUT2D eigenvalue weighted by Crippen LogP contribution is 2.30. The third-order valence-electron chi connectivity index (χ3n) is 3.86. The lowest BCUT2D eigenvalue weighted by Crippen LogP contribution is -2.28. The fourth-order valence-corrected chi connectivity index (χ4v) is 2.60. The number of halogens is 3. The molecule has 1 aromatic heterocycles. The molecule has 1 aliphatic rings. The zero-order valence-electron chi connectivity index (χ0n) is 11.9.